The summed E-state index contributed by atoms with van der Waals surface area (Å²) in [7, 11) is 2.02. The highest BCUT2D eigenvalue weighted by molar-refractivity contribution is 7.98. The van der Waals surface area contributed by atoms with E-state index in [0.29, 0.717) is 6.42 Å². The van der Waals surface area contributed by atoms with E-state index in [4.69, 9.17) is 11.2 Å². The molecule has 0 bridgehead atoms. The number of carbonyl (C=O) groups excluding carboxylic acids is 1. The summed E-state index contributed by atoms with van der Waals surface area (Å²) in [5, 5.41) is 3.23. The molecule has 4 atom stereocenters. The molecule has 0 aromatic rings. The third-order valence-corrected chi connectivity index (χ3v) is 6.92. The monoisotopic (exact) mass is 432 g/mol. The van der Waals surface area contributed by atoms with E-state index < -0.39 is 0 Å². The molecule has 0 aromatic carbocycles. The van der Waals surface area contributed by atoms with E-state index in [-0.39, 0.29) is 34.8 Å². The predicted molar refractivity (Wildman–Crippen MR) is 128 cm³/mol. The van der Waals surface area contributed by atoms with Crippen LogP contribution in [-0.4, -0.2) is 46.8 Å². The highest BCUT2D eigenvalue weighted by Gasteiger charge is 2.33. The number of hydrogen-bond acceptors (Lipinski definition) is 4. The van der Waals surface area contributed by atoms with Crippen molar-refractivity contribution in [2.24, 2.45) is 11.8 Å². The minimum atomic E-state index is -0.0450. The van der Waals surface area contributed by atoms with E-state index in [9.17, 15) is 4.79 Å². The maximum Gasteiger partial charge on any atom is 0.246 e. The third kappa shape index (κ3) is 7.80. The summed E-state index contributed by atoms with van der Waals surface area (Å²) >= 11 is 1.73. The first-order valence-corrected chi connectivity index (χ1v) is 11.9. The minimum absolute atomic E-state index is 0.0114. The molecule has 1 amide bonds. The number of hydrogen-bond donors (Lipinski definition) is 1. The lowest BCUT2D eigenvalue weighted by atomic mass is 9.83. The summed E-state index contributed by atoms with van der Waals surface area (Å²) < 4.78 is 8.41. The molecule has 3 unspecified atom stereocenters. The van der Waals surface area contributed by atoms with Crippen LogP contribution in [0, 0.1) is 24.2 Å². The maximum absolute atomic E-state index is 12.8. The highest BCUT2D eigenvalue weighted by Crippen LogP contribution is 2.33. The minimum Gasteiger partial charge on any atom is -0.373 e. The molecule has 0 aliphatic heterocycles. The predicted octanol–water partition coefficient (Wildman–Crippen LogP) is 4.97. The smallest absolute Gasteiger partial charge is 0.246 e. The summed E-state index contributed by atoms with van der Waals surface area (Å²) in [5.74, 6) is 3.84. The zero-order valence-corrected chi connectivity index (χ0v) is 20.6. The Morgan fingerprint density at radius 1 is 1.47 bits per heavy atom. The maximum atomic E-state index is 12.8. The van der Waals surface area contributed by atoms with Gasteiger partial charge in [0.15, 0.2) is 0 Å². The molecular formula is C25H40N2O2S. The molecule has 0 heterocycles. The summed E-state index contributed by atoms with van der Waals surface area (Å²) in [5.41, 5.74) is 2.01. The number of ether oxygens (including phenoxy) is 1. The Labute approximate surface area is 188 Å². The van der Waals surface area contributed by atoms with E-state index in [1.54, 1.807) is 11.9 Å². The van der Waals surface area contributed by atoms with Gasteiger partial charge < -0.3 is 10.1 Å². The third-order valence-electron chi connectivity index (χ3n) is 5.83. The van der Waals surface area contributed by atoms with Gasteiger partial charge in [-0.1, -0.05) is 36.9 Å². The lowest BCUT2D eigenvalue weighted by Gasteiger charge is -2.36. The Balaban J connectivity index is 1.91. The van der Waals surface area contributed by atoms with Crippen LogP contribution in [0.15, 0.2) is 23.3 Å². The van der Waals surface area contributed by atoms with Crippen molar-refractivity contribution in [3.05, 3.63) is 23.3 Å². The molecule has 1 saturated carbocycles. The normalized spacial score (nSPS) is 26.2. The zero-order chi connectivity index (χ0) is 22.5. The Kier molecular flexibility index (Phi) is 9.09. The Morgan fingerprint density at radius 2 is 2.13 bits per heavy atom. The molecular weight excluding hydrogens is 392 g/mol. The fraction of sp³-hybridized carbons (Fsp3) is 0.720. The average Bonchev–Trinajstić information content (AvgIpc) is 3.47. The fourth-order valence-corrected chi connectivity index (χ4v) is 4.89. The molecule has 0 aromatic heterocycles. The van der Waals surface area contributed by atoms with E-state index in [1.165, 1.54) is 18.4 Å². The summed E-state index contributed by atoms with van der Waals surface area (Å²) in [6.45, 7) is 13.5. The van der Waals surface area contributed by atoms with Crippen molar-refractivity contribution in [1.29, 1.82) is 0 Å². The first kappa shape index (κ1) is 25.0. The van der Waals surface area contributed by atoms with Gasteiger partial charge in [-0.25, -0.2) is 4.31 Å². The molecule has 0 spiro atoms. The van der Waals surface area contributed by atoms with Crippen molar-refractivity contribution in [2.45, 2.75) is 90.2 Å². The molecule has 4 nitrogen and oxygen atoms in total. The van der Waals surface area contributed by atoms with Crippen molar-refractivity contribution in [1.82, 2.24) is 9.62 Å². The van der Waals surface area contributed by atoms with Crippen molar-refractivity contribution in [3.63, 3.8) is 0 Å². The Morgan fingerprint density at radius 3 is 2.70 bits per heavy atom. The standard InChI is InChI=1S/C25H40N2O2S/c1-9-21(27(8)30-25(5,6)7)14-10-18(3)24(28)26-22-15-11-17(2)23(19(22)4)29-16-20-12-13-20/h1,10-11,19-23H,12-16H2,2-8H3,(H,26,28)/b18-10+/t19-,21?,22?,23?/m1/s1. The van der Waals surface area contributed by atoms with Crippen LogP contribution < -0.4 is 5.32 Å². The topological polar surface area (TPSA) is 41.6 Å². The largest absolute Gasteiger partial charge is 0.373 e. The molecule has 2 aliphatic rings. The van der Waals surface area contributed by atoms with Gasteiger partial charge in [-0.2, -0.15) is 0 Å². The van der Waals surface area contributed by atoms with Gasteiger partial charge in [-0.3, -0.25) is 4.79 Å². The van der Waals surface area contributed by atoms with Crippen LogP contribution in [0.5, 0.6) is 0 Å². The molecule has 0 saturated heterocycles. The lowest BCUT2D eigenvalue weighted by molar-refractivity contribution is -0.119. The lowest BCUT2D eigenvalue weighted by Crippen LogP contribution is -2.47. The molecule has 2 rings (SSSR count). The van der Waals surface area contributed by atoms with Gasteiger partial charge in [-0.15, -0.1) is 6.42 Å². The van der Waals surface area contributed by atoms with Gasteiger partial charge >= 0.3 is 0 Å². The SMILES string of the molecule is C#CC(C/C=C(\C)C(=O)NC1CC=C(C)C(OCC2CC2)[C@@H]1C)N(C)SC(C)(C)C. The summed E-state index contributed by atoms with van der Waals surface area (Å²) in [6, 6.07) is 0.0488. The van der Waals surface area contributed by atoms with Gasteiger partial charge in [0.1, 0.15) is 0 Å². The quantitative estimate of drug-likeness (QED) is 0.242. The van der Waals surface area contributed by atoms with Crippen molar-refractivity contribution >= 4 is 17.9 Å². The molecule has 30 heavy (non-hydrogen) atoms. The average molecular weight is 433 g/mol. The van der Waals surface area contributed by atoms with Crippen LogP contribution in [0.25, 0.3) is 0 Å². The van der Waals surface area contributed by atoms with Crippen LogP contribution >= 0.6 is 11.9 Å². The number of nitrogens with zero attached hydrogens (tertiary/aromatic N) is 1. The second-order valence-corrected chi connectivity index (χ2v) is 11.9. The van der Waals surface area contributed by atoms with Crippen molar-refractivity contribution in [3.8, 4) is 12.3 Å². The second kappa shape index (κ2) is 10.9. The molecule has 1 N–H and O–H groups in total. The molecule has 168 valence electrons. The van der Waals surface area contributed by atoms with Crippen molar-refractivity contribution < 1.29 is 9.53 Å². The van der Waals surface area contributed by atoms with E-state index >= 15 is 0 Å². The van der Waals surface area contributed by atoms with Crippen LogP contribution in [0.2, 0.25) is 0 Å². The molecule has 0 radical (unpaired) electrons. The number of carbonyl (C=O) groups is 1. The second-order valence-electron chi connectivity index (χ2n) is 9.88. The van der Waals surface area contributed by atoms with Gasteiger partial charge in [0.05, 0.1) is 18.8 Å². The fourth-order valence-electron chi connectivity index (χ4n) is 3.75. The van der Waals surface area contributed by atoms with Crippen LogP contribution in [-0.2, 0) is 9.53 Å². The van der Waals surface area contributed by atoms with E-state index in [1.807, 2.05) is 20.0 Å². The van der Waals surface area contributed by atoms with E-state index in [2.05, 4.69) is 56.2 Å². The van der Waals surface area contributed by atoms with Gasteiger partial charge in [0.25, 0.3) is 0 Å². The number of rotatable bonds is 9. The number of nitrogens with one attached hydrogen (secondary N) is 1. The van der Waals surface area contributed by atoms with Crippen LogP contribution in [0.3, 0.4) is 0 Å². The molecule has 1 fully saturated rings. The Bertz CT molecular complexity index is 697. The van der Waals surface area contributed by atoms with Crippen molar-refractivity contribution in [2.75, 3.05) is 13.7 Å². The van der Waals surface area contributed by atoms with E-state index in [0.717, 1.165) is 24.5 Å². The summed E-state index contributed by atoms with van der Waals surface area (Å²) in [6.07, 6.45) is 14.1. The van der Waals surface area contributed by atoms with Gasteiger partial charge in [-0.05, 0) is 78.8 Å². The molecule has 2 aliphatic carbocycles. The Hall–Kier alpha value is -1.22. The molecule has 5 heteroatoms. The first-order chi connectivity index (χ1) is 14.0. The highest BCUT2D eigenvalue weighted by atomic mass is 32.2. The van der Waals surface area contributed by atoms with Crippen LogP contribution in [0.1, 0.15) is 67.2 Å². The van der Waals surface area contributed by atoms with Gasteiger partial charge in [0, 0.05) is 22.3 Å². The zero-order valence-electron chi connectivity index (χ0n) is 19.8. The van der Waals surface area contributed by atoms with Crippen LogP contribution in [0.4, 0.5) is 0 Å². The van der Waals surface area contributed by atoms with Gasteiger partial charge in [0.2, 0.25) is 5.91 Å². The number of amides is 1. The summed E-state index contributed by atoms with van der Waals surface area (Å²) in [4.78, 5) is 12.8. The first-order valence-electron chi connectivity index (χ1n) is 11.2. The number of terminal acetylenes is 1.